The predicted octanol–water partition coefficient (Wildman–Crippen LogP) is -2.09. The maximum absolute atomic E-state index is 13.2. The van der Waals surface area contributed by atoms with E-state index < -0.39 is 48.4 Å². The van der Waals surface area contributed by atoms with Gasteiger partial charge in [-0.05, 0) is 19.3 Å². The second-order valence-corrected chi connectivity index (χ2v) is 7.30. The van der Waals surface area contributed by atoms with Crippen molar-refractivity contribution >= 4 is 29.6 Å². The molecule has 162 valence electrons. The van der Waals surface area contributed by atoms with Crippen LogP contribution in [0, 0.1) is 0 Å². The summed E-state index contributed by atoms with van der Waals surface area (Å²) in [6.07, 6.45) is 4.69. The van der Waals surface area contributed by atoms with Crippen LogP contribution in [-0.2, 0) is 30.4 Å². The summed E-state index contributed by atoms with van der Waals surface area (Å²) in [6, 6.07) is -2.48. The van der Waals surface area contributed by atoms with Crippen molar-refractivity contribution in [2.24, 2.45) is 0 Å². The summed E-state index contributed by atoms with van der Waals surface area (Å²) >= 11 is 0. The van der Waals surface area contributed by atoms with Crippen molar-refractivity contribution in [2.75, 3.05) is 13.1 Å². The highest BCUT2D eigenvalue weighted by Gasteiger charge is 2.39. The van der Waals surface area contributed by atoms with Crippen LogP contribution in [0.2, 0.25) is 0 Å². The van der Waals surface area contributed by atoms with Gasteiger partial charge < -0.3 is 30.9 Å². The number of amides is 4. The highest BCUT2D eigenvalue weighted by atomic mass is 16.4. The van der Waals surface area contributed by atoms with Crippen LogP contribution in [0.4, 0.5) is 0 Å². The fourth-order valence-electron chi connectivity index (χ4n) is 3.68. The number of imidazole rings is 1. The lowest BCUT2D eigenvalue weighted by Gasteiger charge is -2.29. The zero-order valence-corrected chi connectivity index (χ0v) is 16.2. The number of aliphatic carboxylic acids is 1. The molecule has 5 N–H and O–H groups in total. The third kappa shape index (κ3) is 5.13. The third-order valence-electron chi connectivity index (χ3n) is 5.16. The first-order valence-electron chi connectivity index (χ1n) is 9.72. The molecule has 0 unspecified atom stereocenters. The molecule has 1 aromatic heterocycles. The van der Waals surface area contributed by atoms with Crippen LogP contribution < -0.4 is 16.0 Å². The molecule has 12 nitrogen and oxygen atoms in total. The number of likely N-dealkylation sites (tertiary alicyclic amines) is 1. The summed E-state index contributed by atoms with van der Waals surface area (Å²) < 4.78 is 0. The van der Waals surface area contributed by atoms with Gasteiger partial charge in [0.1, 0.15) is 24.7 Å². The Hall–Kier alpha value is -3.44. The number of carboxylic acids is 1. The van der Waals surface area contributed by atoms with E-state index in [4.69, 9.17) is 5.11 Å². The van der Waals surface area contributed by atoms with Crippen LogP contribution in [0.15, 0.2) is 12.5 Å². The monoisotopic (exact) mass is 420 g/mol. The van der Waals surface area contributed by atoms with Gasteiger partial charge in [0.15, 0.2) is 0 Å². The Morgan fingerprint density at radius 2 is 2.07 bits per heavy atom. The maximum atomic E-state index is 13.2. The first-order chi connectivity index (χ1) is 14.3. The van der Waals surface area contributed by atoms with Crippen molar-refractivity contribution in [1.82, 2.24) is 30.8 Å². The van der Waals surface area contributed by atoms with E-state index in [1.165, 1.54) is 17.4 Å². The fraction of sp³-hybridized carbons (Fsp3) is 0.556. The number of nitrogens with one attached hydrogen (secondary N) is 4. The average Bonchev–Trinajstić information content (AvgIpc) is 3.46. The normalized spacial score (nSPS) is 21.7. The van der Waals surface area contributed by atoms with Crippen molar-refractivity contribution in [3.8, 4) is 0 Å². The topological polar surface area (TPSA) is 174 Å². The van der Waals surface area contributed by atoms with E-state index in [2.05, 4.69) is 25.9 Å². The molecule has 2 saturated heterocycles. The molecule has 2 aliphatic rings. The van der Waals surface area contributed by atoms with Crippen LogP contribution in [-0.4, -0.2) is 80.8 Å². The lowest BCUT2D eigenvalue weighted by Crippen LogP contribution is -2.56. The molecule has 2 aliphatic heterocycles. The fourth-order valence-corrected chi connectivity index (χ4v) is 3.68. The summed E-state index contributed by atoms with van der Waals surface area (Å²) in [6.45, 7) is -0.216. The van der Waals surface area contributed by atoms with Crippen molar-refractivity contribution < 1.29 is 29.1 Å². The van der Waals surface area contributed by atoms with Gasteiger partial charge in [-0.2, -0.15) is 0 Å². The average molecular weight is 420 g/mol. The molecule has 0 saturated carbocycles. The van der Waals surface area contributed by atoms with Crippen LogP contribution >= 0.6 is 0 Å². The SMILES string of the molecule is O=C(O)CNC(=O)[C@@H]1CCCN1C(=O)[C@H](Cc1cnc[nH]1)NC(=O)[C@H]1CCC(=O)N1. The third-order valence-corrected chi connectivity index (χ3v) is 5.16. The molecule has 12 heteroatoms. The number of rotatable bonds is 8. The van der Waals surface area contributed by atoms with E-state index in [0.717, 1.165) is 0 Å². The Morgan fingerprint density at radius 1 is 1.27 bits per heavy atom. The molecular weight excluding hydrogens is 396 g/mol. The van der Waals surface area contributed by atoms with Crippen LogP contribution in [0.25, 0.3) is 0 Å². The molecule has 0 aliphatic carbocycles. The summed E-state index contributed by atoms with van der Waals surface area (Å²) in [5.74, 6) is -2.86. The molecule has 30 heavy (non-hydrogen) atoms. The molecule has 0 bridgehead atoms. The first kappa shape index (κ1) is 21.3. The molecule has 3 rings (SSSR count). The Morgan fingerprint density at radius 3 is 2.70 bits per heavy atom. The minimum Gasteiger partial charge on any atom is -0.480 e. The quantitative estimate of drug-likeness (QED) is 0.320. The van der Waals surface area contributed by atoms with E-state index in [-0.39, 0.29) is 18.7 Å². The van der Waals surface area contributed by atoms with Crippen molar-refractivity contribution in [3.05, 3.63) is 18.2 Å². The standard InChI is InChI=1S/C18H24N6O6/c25-14-4-3-11(22-14)16(28)23-12(6-10-7-19-9-21-10)18(30)24-5-1-2-13(24)17(29)20-8-15(26)27/h7,9,11-13H,1-6,8H2,(H,19,21)(H,20,29)(H,22,25)(H,23,28)(H,26,27)/t11-,12+,13+/m1/s1. The van der Waals surface area contributed by atoms with Gasteiger partial charge >= 0.3 is 5.97 Å². The van der Waals surface area contributed by atoms with E-state index in [1.54, 1.807) is 0 Å². The van der Waals surface area contributed by atoms with Crippen molar-refractivity contribution in [3.63, 3.8) is 0 Å². The second-order valence-electron chi connectivity index (χ2n) is 7.30. The van der Waals surface area contributed by atoms with E-state index in [9.17, 15) is 24.0 Å². The van der Waals surface area contributed by atoms with Gasteiger partial charge in [0.05, 0.1) is 6.33 Å². The number of carboxylic acid groups (broad SMARTS) is 1. The molecule has 0 aromatic carbocycles. The number of aromatic amines is 1. The summed E-state index contributed by atoms with van der Waals surface area (Å²) in [4.78, 5) is 68.4. The largest absolute Gasteiger partial charge is 0.480 e. The van der Waals surface area contributed by atoms with Crippen molar-refractivity contribution in [2.45, 2.75) is 50.2 Å². The second kappa shape index (κ2) is 9.37. The van der Waals surface area contributed by atoms with Gasteiger partial charge in [-0.3, -0.25) is 24.0 Å². The molecule has 0 spiro atoms. The predicted molar refractivity (Wildman–Crippen MR) is 101 cm³/mol. The molecular formula is C18H24N6O6. The highest BCUT2D eigenvalue weighted by Crippen LogP contribution is 2.20. The van der Waals surface area contributed by atoms with E-state index in [1.807, 2.05) is 0 Å². The Balaban J connectivity index is 1.71. The van der Waals surface area contributed by atoms with Gasteiger partial charge in [-0.25, -0.2) is 4.98 Å². The zero-order chi connectivity index (χ0) is 21.7. The maximum Gasteiger partial charge on any atom is 0.322 e. The Kier molecular flexibility index (Phi) is 6.65. The summed E-state index contributed by atoms with van der Waals surface area (Å²) in [7, 11) is 0. The van der Waals surface area contributed by atoms with E-state index in [0.29, 0.717) is 31.5 Å². The van der Waals surface area contributed by atoms with Gasteiger partial charge in [0.2, 0.25) is 23.6 Å². The lowest BCUT2D eigenvalue weighted by molar-refractivity contribution is -0.142. The molecule has 4 amide bonds. The lowest BCUT2D eigenvalue weighted by atomic mass is 10.1. The number of nitrogens with zero attached hydrogens (tertiary/aromatic N) is 2. The number of carbonyl (C=O) groups excluding carboxylic acids is 4. The Labute approximate surface area is 171 Å². The first-order valence-corrected chi connectivity index (χ1v) is 9.72. The van der Waals surface area contributed by atoms with Crippen molar-refractivity contribution in [1.29, 1.82) is 0 Å². The summed E-state index contributed by atoms with van der Waals surface area (Å²) in [5.41, 5.74) is 0.621. The van der Waals surface area contributed by atoms with Gasteiger partial charge in [0, 0.05) is 31.3 Å². The molecule has 2 fully saturated rings. The van der Waals surface area contributed by atoms with Crippen LogP contribution in [0.3, 0.4) is 0 Å². The minimum atomic E-state index is -1.18. The number of carbonyl (C=O) groups is 5. The zero-order valence-electron chi connectivity index (χ0n) is 16.2. The summed E-state index contributed by atoms with van der Waals surface area (Å²) in [5, 5.41) is 16.3. The van der Waals surface area contributed by atoms with Crippen LogP contribution in [0.1, 0.15) is 31.4 Å². The number of H-pyrrole nitrogens is 1. The number of hydrogen-bond acceptors (Lipinski definition) is 6. The van der Waals surface area contributed by atoms with Gasteiger partial charge in [-0.1, -0.05) is 0 Å². The highest BCUT2D eigenvalue weighted by molar-refractivity contribution is 5.96. The number of hydrogen-bond donors (Lipinski definition) is 5. The van der Waals surface area contributed by atoms with Crippen LogP contribution in [0.5, 0.6) is 0 Å². The number of aromatic nitrogens is 2. The smallest absolute Gasteiger partial charge is 0.322 e. The van der Waals surface area contributed by atoms with E-state index >= 15 is 0 Å². The molecule has 3 heterocycles. The van der Waals surface area contributed by atoms with Gasteiger partial charge in [0.25, 0.3) is 0 Å². The Bertz CT molecular complexity index is 825. The molecule has 3 atom stereocenters. The minimum absolute atomic E-state index is 0.130. The van der Waals surface area contributed by atoms with Gasteiger partial charge in [-0.15, -0.1) is 0 Å². The molecule has 1 aromatic rings. The molecule has 0 radical (unpaired) electrons.